The Morgan fingerprint density at radius 3 is 2.14 bits per heavy atom. The van der Waals surface area contributed by atoms with Crippen LogP contribution in [0.25, 0.3) is 0 Å². The Bertz CT molecular complexity index is 206. The van der Waals surface area contributed by atoms with Crippen molar-refractivity contribution in [1.29, 1.82) is 0 Å². The second-order valence-electron chi connectivity index (χ2n) is 2.19. The molecule has 0 amide bonds. The first-order chi connectivity index (χ1) is 6.51. The maximum atomic E-state index is 11.8. The van der Waals surface area contributed by atoms with Crippen LogP contribution in [-0.2, 0) is 23.8 Å². The highest BCUT2D eigenvalue weighted by atomic mass is 19.3. The van der Waals surface area contributed by atoms with Crippen LogP contribution in [0.2, 0.25) is 0 Å². The number of alkyl halides is 2. The molecule has 0 aliphatic heterocycles. The van der Waals surface area contributed by atoms with Crippen LogP contribution in [0.4, 0.5) is 8.78 Å². The fourth-order valence-corrected chi connectivity index (χ4v) is 0.677. The van der Waals surface area contributed by atoms with Gasteiger partial charge in [0.25, 0.3) is 0 Å². The summed E-state index contributed by atoms with van der Waals surface area (Å²) in [6, 6.07) is 0. The Hall–Kier alpha value is -1.24. The minimum absolute atomic E-state index is 0.604. The predicted molar refractivity (Wildman–Crippen MR) is 39.5 cm³/mol. The van der Waals surface area contributed by atoms with Gasteiger partial charge in [-0.25, -0.2) is 4.79 Å². The predicted octanol–water partition coefficient (Wildman–Crippen LogP) is 0.330. The molecule has 0 radical (unpaired) electrons. The van der Waals surface area contributed by atoms with E-state index in [0.29, 0.717) is 0 Å². The van der Waals surface area contributed by atoms with E-state index in [4.69, 9.17) is 0 Å². The molecule has 7 heteroatoms. The molecule has 0 aromatic heterocycles. The SMILES string of the molecule is COC(=O)C[C@@H](OC(F)F)C(=O)OC. The second-order valence-corrected chi connectivity index (χ2v) is 2.19. The van der Waals surface area contributed by atoms with Crippen molar-refractivity contribution in [2.75, 3.05) is 14.2 Å². The highest BCUT2D eigenvalue weighted by Crippen LogP contribution is 2.08. The molecule has 0 spiro atoms. The zero-order valence-corrected chi connectivity index (χ0v) is 7.66. The molecule has 0 aromatic rings. The average Bonchev–Trinajstić information content (AvgIpc) is 2.14. The van der Waals surface area contributed by atoms with Crippen LogP contribution < -0.4 is 0 Å². The summed E-state index contributed by atoms with van der Waals surface area (Å²) in [7, 11) is 2.07. The number of carbonyl (C=O) groups excluding carboxylic acids is 2. The minimum Gasteiger partial charge on any atom is -0.469 e. The summed E-state index contributed by atoms with van der Waals surface area (Å²) in [5, 5.41) is 0. The molecule has 0 unspecified atom stereocenters. The van der Waals surface area contributed by atoms with E-state index in [1.807, 2.05) is 0 Å². The molecule has 0 heterocycles. The number of carbonyl (C=O) groups is 2. The summed E-state index contributed by atoms with van der Waals surface area (Å²) in [4.78, 5) is 21.5. The Morgan fingerprint density at radius 2 is 1.79 bits per heavy atom. The summed E-state index contributed by atoms with van der Waals surface area (Å²) in [6.07, 6.45) is -2.24. The van der Waals surface area contributed by atoms with Crippen molar-refractivity contribution < 1.29 is 32.6 Å². The first-order valence-corrected chi connectivity index (χ1v) is 3.59. The third-order valence-electron chi connectivity index (χ3n) is 1.31. The monoisotopic (exact) mass is 212 g/mol. The fraction of sp³-hybridized carbons (Fsp3) is 0.714. The highest BCUT2D eigenvalue weighted by Gasteiger charge is 2.27. The second kappa shape index (κ2) is 6.25. The van der Waals surface area contributed by atoms with E-state index >= 15 is 0 Å². The van der Waals surface area contributed by atoms with Gasteiger partial charge in [-0.3, -0.25) is 4.79 Å². The van der Waals surface area contributed by atoms with Gasteiger partial charge in [0.15, 0.2) is 6.10 Å². The number of rotatable bonds is 5. The lowest BCUT2D eigenvalue weighted by Crippen LogP contribution is -2.30. The van der Waals surface area contributed by atoms with Gasteiger partial charge in [0.1, 0.15) is 0 Å². The maximum Gasteiger partial charge on any atom is 0.346 e. The third kappa shape index (κ3) is 4.70. The van der Waals surface area contributed by atoms with E-state index in [9.17, 15) is 18.4 Å². The molecule has 0 N–H and O–H groups in total. The third-order valence-corrected chi connectivity index (χ3v) is 1.31. The average molecular weight is 212 g/mol. The van der Waals surface area contributed by atoms with Crippen LogP contribution in [0.5, 0.6) is 0 Å². The van der Waals surface area contributed by atoms with Gasteiger partial charge in [-0.15, -0.1) is 0 Å². The number of hydrogen-bond acceptors (Lipinski definition) is 5. The van der Waals surface area contributed by atoms with Gasteiger partial charge in [0, 0.05) is 0 Å². The van der Waals surface area contributed by atoms with Crippen molar-refractivity contribution in [3.8, 4) is 0 Å². The van der Waals surface area contributed by atoms with Gasteiger partial charge in [0.05, 0.1) is 20.6 Å². The largest absolute Gasteiger partial charge is 0.469 e. The first kappa shape index (κ1) is 12.8. The first-order valence-electron chi connectivity index (χ1n) is 3.59. The number of hydrogen-bond donors (Lipinski definition) is 0. The number of esters is 2. The van der Waals surface area contributed by atoms with E-state index in [1.165, 1.54) is 0 Å². The van der Waals surface area contributed by atoms with Gasteiger partial charge in [-0.1, -0.05) is 0 Å². The van der Waals surface area contributed by atoms with Gasteiger partial charge < -0.3 is 14.2 Å². The van der Waals surface area contributed by atoms with Crippen molar-refractivity contribution >= 4 is 11.9 Å². The van der Waals surface area contributed by atoms with E-state index in [0.717, 1.165) is 14.2 Å². The normalized spacial score (nSPS) is 12.4. The quantitative estimate of drug-likeness (QED) is 0.614. The van der Waals surface area contributed by atoms with Crippen molar-refractivity contribution in [3.05, 3.63) is 0 Å². The lowest BCUT2D eigenvalue weighted by atomic mass is 10.2. The standard InChI is InChI=1S/C7H10F2O5/c1-12-5(10)3-4(6(11)13-2)14-7(8)9/h4,7H,3H2,1-2H3/t4-/m1/s1. The van der Waals surface area contributed by atoms with Crippen LogP contribution in [0, 0.1) is 0 Å². The molecule has 0 bridgehead atoms. The molecule has 0 aliphatic rings. The zero-order chi connectivity index (χ0) is 11.1. The fourth-order valence-electron chi connectivity index (χ4n) is 0.677. The van der Waals surface area contributed by atoms with E-state index in [-0.39, 0.29) is 0 Å². The molecule has 0 fully saturated rings. The maximum absolute atomic E-state index is 11.8. The van der Waals surface area contributed by atoms with Gasteiger partial charge >= 0.3 is 18.6 Å². The minimum atomic E-state index is -3.15. The highest BCUT2D eigenvalue weighted by molar-refractivity contribution is 5.81. The Balaban J connectivity index is 4.24. The molecule has 1 atom stereocenters. The van der Waals surface area contributed by atoms with Crippen LogP contribution in [0.3, 0.4) is 0 Å². The molecule has 0 aromatic carbocycles. The smallest absolute Gasteiger partial charge is 0.346 e. The van der Waals surface area contributed by atoms with Gasteiger partial charge in [0.2, 0.25) is 0 Å². The number of methoxy groups -OCH3 is 2. The summed E-state index contributed by atoms with van der Waals surface area (Å²) >= 11 is 0. The lowest BCUT2D eigenvalue weighted by Gasteiger charge is -2.13. The molecular formula is C7H10F2O5. The number of halogens is 2. The summed E-state index contributed by atoms with van der Waals surface area (Å²) < 4.78 is 35.7. The zero-order valence-electron chi connectivity index (χ0n) is 7.66. The molecular weight excluding hydrogens is 202 g/mol. The topological polar surface area (TPSA) is 61.8 Å². The van der Waals surface area contributed by atoms with Crippen LogP contribution >= 0.6 is 0 Å². The molecule has 14 heavy (non-hydrogen) atoms. The van der Waals surface area contributed by atoms with Crippen molar-refractivity contribution in [2.24, 2.45) is 0 Å². The Morgan fingerprint density at radius 1 is 1.21 bits per heavy atom. The van der Waals surface area contributed by atoms with E-state index in [1.54, 1.807) is 0 Å². The Labute approximate surface area is 78.9 Å². The van der Waals surface area contributed by atoms with Crippen LogP contribution in [-0.4, -0.2) is 38.9 Å². The summed E-state index contributed by atoms with van der Waals surface area (Å²) in [5.41, 5.74) is 0. The van der Waals surface area contributed by atoms with E-state index < -0.39 is 31.1 Å². The molecule has 0 saturated heterocycles. The summed E-state index contributed by atoms with van der Waals surface area (Å²) in [6.45, 7) is -3.15. The molecule has 82 valence electrons. The Kier molecular flexibility index (Phi) is 5.70. The molecule has 0 aliphatic carbocycles. The number of ether oxygens (including phenoxy) is 3. The van der Waals surface area contributed by atoms with Crippen LogP contribution in [0.1, 0.15) is 6.42 Å². The van der Waals surface area contributed by atoms with Crippen molar-refractivity contribution in [2.45, 2.75) is 19.1 Å². The van der Waals surface area contributed by atoms with Gasteiger partial charge in [-0.05, 0) is 0 Å². The van der Waals surface area contributed by atoms with Crippen molar-refractivity contribution in [3.63, 3.8) is 0 Å². The lowest BCUT2D eigenvalue weighted by molar-refractivity contribution is -0.193. The van der Waals surface area contributed by atoms with Crippen LogP contribution in [0.15, 0.2) is 0 Å². The van der Waals surface area contributed by atoms with E-state index in [2.05, 4.69) is 14.2 Å². The molecule has 5 nitrogen and oxygen atoms in total. The molecule has 0 saturated carbocycles. The van der Waals surface area contributed by atoms with Crippen molar-refractivity contribution in [1.82, 2.24) is 0 Å². The van der Waals surface area contributed by atoms with Gasteiger partial charge in [-0.2, -0.15) is 8.78 Å². The molecule has 0 rings (SSSR count). The summed E-state index contributed by atoms with van der Waals surface area (Å²) in [5.74, 6) is -1.88.